The van der Waals surface area contributed by atoms with Crippen LogP contribution in [-0.2, 0) is 20.7 Å². The molecule has 0 aromatic heterocycles. The maximum absolute atomic E-state index is 11.5. The number of ether oxygens (including phenoxy) is 2. The van der Waals surface area contributed by atoms with Crippen molar-refractivity contribution in [3.8, 4) is 11.5 Å². The van der Waals surface area contributed by atoms with Gasteiger partial charge in [-0.05, 0) is 62.2 Å². The first-order valence-corrected chi connectivity index (χ1v) is 9.76. The first kappa shape index (κ1) is 23.2. The van der Waals surface area contributed by atoms with Crippen molar-refractivity contribution in [2.24, 2.45) is 0 Å². The van der Waals surface area contributed by atoms with Gasteiger partial charge in [-0.3, -0.25) is 4.79 Å². The van der Waals surface area contributed by atoms with Gasteiger partial charge in [0.05, 0.1) is 18.4 Å². The highest BCUT2D eigenvalue weighted by atomic mass is 16.6. The molecule has 2 rings (SSSR count). The van der Waals surface area contributed by atoms with E-state index >= 15 is 0 Å². The van der Waals surface area contributed by atoms with Crippen molar-refractivity contribution in [1.29, 1.82) is 0 Å². The zero-order chi connectivity index (χ0) is 21.9. The summed E-state index contributed by atoms with van der Waals surface area (Å²) in [5, 5.41) is 25.6. The van der Waals surface area contributed by atoms with Crippen LogP contribution in [0.5, 0.6) is 11.5 Å². The van der Waals surface area contributed by atoms with Crippen molar-refractivity contribution < 1.29 is 29.3 Å². The second kappa shape index (κ2) is 11.8. The smallest absolute Gasteiger partial charge is 0.344 e. The molecule has 4 N–H and O–H groups in total. The zero-order valence-corrected chi connectivity index (χ0v) is 17.1. The molecule has 0 saturated heterocycles. The second-order valence-corrected chi connectivity index (χ2v) is 6.72. The van der Waals surface area contributed by atoms with Crippen LogP contribution in [0.1, 0.15) is 31.1 Å². The number of carbonyl (C=O) groups excluding carboxylic acids is 2. The monoisotopic (exact) mass is 416 g/mol. The first-order chi connectivity index (χ1) is 14.4. The molecule has 0 unspecified atom stereocenters. The quantitative estimate of drug-likeness (QED) is 0.309. The van der Waals surface area contributed by atoms with Gasteiger partial charge in [0.15, 0.2) is 6.61 Å². The Morgan fingerprint density at radius 2 is 1.93 bits per heavy atom. The number of aromatic hydroxyl groups is 1. The minimum absolute atomic E-state index is 0.154. The third-order valence-corrected chi connectivity index (χ3v) is 4.50. The molecule has 0 bridgehead atoms. The number of hydrogen-bond donors (Lipinski definition) is 4. The van der Waals surface area contributed by atoms with Gasteiger partial charge >= 0.3 is 5.97 Å². The number of aliphatic hydroxyl groups excluding tert-OH is 1. The molecule has 0 saturated carbocycles. The molecule has 0 aliphatic heterocycles. The van der Waals surface area contributed by atoms with Crippen molar-refractivity contribution >= 4 is 18.1 Å². The molecule has 30 heavy (non-hydrogen) atoms. The summed E-state index contributed by atoms with van der Waals surface area (Å²) in [4.78, 5) is 22.4. The molecule has 0 fully saturated rings. The second-order valence-electron chi connectivity index (χ2n) is 6.72. The van der Waals surface area contributed by atoms with Crippen LogP contribution in [0.4, 0.5) is 5.69 Å². The fourth-order valence-electron chi connectivity index (χ4n) is 2.89. The van der Waals surface area contributed by atoms with Crippen LogP contribution in [-0.4, -0.2) is 48.4 Å². The largest absolute Gasteiger partial charge is 0.508 e. The van der Waals surface area contributed by atoms with Crippen LogP contribution < -0.4 is 15.4 Å². The molecule has 1 amide bonds. The van der Waals surface area contributed by atoms with Crippen LogP contribution in [0.25, 0.3) is 0 Å². The summed E-state index contributed by atoms with van der Waals surface area (Å²) in [5.41, 5.74) is 2.12. The summed E-state index contributed by atoms with van der Waals surface area (Å²) >= 11 is 0. The molecule has 162 valence electrons. The number of benzene rings is 2. The molecule has 8 heteroatoms. The van der Waals surface area contributed by atoms with Gasteiger partial charge in [0.25, 0.3) is 0 Å². The Morgan fingerprint density at radius 3 is 2.60 bits per heavy atom. The van der Waals surface area contributed by atoms with E-state index in [0.717, 1.165) is 5.56 Å². The lowest BCUT2D eigenvalue weighted by Gasteiger charge is -2.21. The Bertz CT molecular complexity index is 825. The number of nitrogens with one attached hydrogen (secondary N) is 2. The maximum atomic E-state index is 11.5. The average molecular weight is 416 g/mol. The van der Waals surface area contributed by atoms with Gasteiger partial charge in [-0.1, -0.05) is 18.2 Å². The summed E-state index contributed by atoms with van der Waals surface area (Å²) < 4.78 is 10.3. The van der Waals surface area contributed by atoms with Crippen molar-refractivity contribution in [3.63, 3.8) is 0 Å². The Hall–Kier alpha value is -3.10. The highest BCUT2D eigenvalue weighted by Gasteiger charge is 2.16. The Balaban J connectivity index is 1.91. The lowest BCUT2D eigenvalue weighted by molar-refractivity contribution is -0.145. The van der Waals surface area contributed by atoms with E-state index in [4.69, 9.17) is 9.47 Å². The number of phenolic OH excluding ortho intramolecular Hbond substituents is 1. The van der Waals surface area contributed by atoms with Crippen molar-refractivity contribution in [1.82, 2.24) is 5.32 Å². The molecule has 0 radical (unpaired) electrons. The lowest BCUT2D eigenvalue weighted by Crippen LogP contribution is -2.33. The van der Waals surface area contributed by atoms with Crippen LogP contribution >= 0.6 is 0 Å². The molecule has 2 aromatic carbocycles. The Morgan fingerprint density at radius 1 is 1.20 bits per heavy atom. The predicted molar refractivity (Wildman–Crippen MR) is 112 cm³/mol. The molecule has 2 aromatic rings. The van der Waals surface area contributed by atoms with Crippen LogP contribution in [0.15, 0.2) is 42.5 Å². The maximum Gasteiger partial charge on any atom is 0.344 e. The number of phenols is 1. The normalized spacial score (nSPS) is 12.6. The molecule has 0 spiro atoms. The van der Waals surface area contributed by atoms with E-state index in [0.29, 0.717) is 36.4 Å². The summed E-state index contributed by atoms with van der Waals surface area (Å²) in [5.74, 6) is 0.0490. The van der Waals surface area contributed by atoms with E-state index in [9.17, 15) is 19.8 Å². The first-order valence-electron chi connectivity index (χ1n) is 9.76. The van der Waals surface area contributed by atoms with Crippen molar-refractivity contribution in [2.75, 3.05) is 25.1 Å². The standard InChI is InChI=1S/C22H28N2O6/c1-3-29-21(27)13-30-20-9-4-16(12-19(20)24-14-25)10-11-23-15(2)22(28)17-5-7-18(26)8-6-17/h4-9,12,14-15,22-23,26,28H,3,10-11,13H2,1-2H3,(H,24,25)/t15-,22-/m0/s1. The third kappa shape index (κ3) is 7.06. The molecule has 8 nitrogen and oxygen atoms in total. The van der Waals surface area contributed by atoms with Gasteiger partial charge < -0.3 is 30.3 Å². The number of hydrogen-bond acceptors (Lipinski definition) is 7. The zero-order valence-electron chi connectivity index (χ0n) is 17.1. The number of carbonyl (C=O) groups is 2. The number of rotatable bonds is 12. The highest BCUT2D eigenvalue weighted by Crippen LogP contribution is 2.26. The summed E-state index contributed by atoms with van der Waals surface area (Å²) in [6.45, 7) is 4.22. The minimum Gasteiger partial charge on any atom is -0.508 e. The average Bonchev–Trinajstić information content (AvgIpc) is 2.73. The van der Waals surface area contributed by atoms with E-state index in [2.05, 4.69) is 10.6 Å². The lowest BCUT2D eigenvalue weighted by atomic mass is 10.0. The van der Waals surface area contributed by atoms with E-state index in [1.807, 2.05) is 13.0 Å². The van der Waals surface area contributed by atoms with Crippen LogP contribution in [0.3, 0.4) is 0 Å². The van der Waals surface area contributed by atoms with Crippen LogP contribution in [0.2, 0.25) is 0 Å². The van der Waals surface area contributed by atoms with Gasteiger partial charge in [-0.2, -0.15) is 0 Å². The molecular weight excluding hydrogens is 388 g/mol. The van der Waals surface area contributed by atoms with Gasteiger partial charge in [0, 0.05) is 6.04 Å². The fraction of sp³-hybridized carbons (Fsp3) is 0.364. The summed E-state index contributed by atoms with van der Waals surface area (Å²) in [7, 11) is 0. The van der Waals surface area contributed by atoms with Crippen molar-refractivity contribution in [3.05, 3.63) is 53.6 Å². The number of aliphatic hydroxyl groups is 1. The van der Waals surface area contributed by atoms with Crippen LogP contribution in [0, 0.1) is 0 Å². The van der Waals surface area contributed by atoms with E-state index in [1.54, 1.807) is 43.3 Å². The predicted octanol–water partition coefficient (Wildman–Crippen LogP) is 2.16. The Kier molecular flexibility index (Phi) is 9.11. The van der Waals surface area contributed by atoms with Crippen molar-refractivity contribution in [2.45, 2.75) is 32.4 Å². The van der Waals surface area contributed by atoms with E-state index < -0.39 is 12.1 Å². The van der Waals surface area contributed by atoms with Gasteiger partial charge in [0.2, 0.25) is 6.41 Å². The number of amides is 1. The fourth-order valence-corrected chi connectivity index (χ4v) is 2.89. The minimum atomic E-state index is -0.712. The van der Waals surface area contributed by atoms with Gasteiger partial charge in [0.1, 0.15) is 11.5 Å². The SMILES string of the molecule is CCOC(=O)COc1ccc(CCN[C@@H](C)[C@H](O)c2ccc(O)cc2)cc1NC=O. The molecule has 2 atom stereocenters. The number of anilines is 1. The molecular formula is C22H28N2O6. The molecule has 0 aliphatic carbocycles. The van der Waals surface area contributed by atoms with Gasteiger partial charge in [-0.15, -0.1) is 0 Å². The number of esters is 1. The summed E-state index contributed by atoms with van der Waals surface area (Å²) in [6, 6.07) is 11.6. The third-order valence-electron chi connectivity index (χ3n) is 4.50. The topological polar surface area (TPSA) is 117 Å². The summed E-state index contributed by atoms with van der Waals surface area (Å²) in [6.07, 6.45) is 0.486. The molecule has 0 aliphatic rings. The van der Waals surface area contributed by atoms with Gasteiger partial charge in [-0.25, -0.2) is 4.79 Å². The van der Waals surface area contributed by atoms with E-state index in [1.165, 1.54) is 0 Å². The van der Waals surface area contributed by atoms with E-state index in [-0.39, 0.29) is 25.0 Å². The highest BCUT2D eigenvalue weighted by molar-refractivity contribution is 5.77. The molecule has 0 heterocycles. The Labute approximate surface area is 175 Å².